The minimum atomic E-state index is 0.459. The Morgan fingerprint density at radius 2 is 1.69 bits per heavy atom. The van der Waals surface area contributed by atoms with Gasteiger partial charge in [-0.15, -0.1) is 0 Å². The first-order chi connectivity index (χ1) is 7.77. The maximum absolute atomic E-state index is 6.07. The predicted octanol–water partition coefficient (Wildman–Crippen LogP) is 4.75. The normalized spacial score (nSPS) is 18.1. The van der Waals surface area contributed by atoms with Crippen molar-refractivity contribution in [3.8, 4) is 0 Å². The molecular formula is C13H15Cl2N. The van der Waals surface area contributed by atoms with Crippen molar-refractivity contribution >= 4 is 29.4 Å². The van der Waals surface area contributed by atoms with Crippen LogP contribution in [0.1, 0.15) is 37.7 Å². The van der Waals surface area contributed by atoms with Crippen LogP contribution in [0.2, 0.25) is 10.0 Å². The van der Waals surface area contributed by atoms with Crippen molar-refractivity contribution in [1.82, 2.24) is 0 Å². The summed E-state index contributed by atoms with van der Waals surface area (Å²) in [6.07, 6.45) is 8.15. The van der Waals surface area contributed by atoms with Gasteiger partial charge in [0.15, 0.2) is 0 Å². The number of benzene rings is 1. The van der Waals surface area contributed by atoms with Crippen LogP contribution in [-0.2, 0) is 0 Å². The topological polar surface area (TPSA) is 12.4 Å². The van der Waals surface area contributed by atoms with Crippen molar-refractivity contribution < 1.29 is 0 Å². The molecule has 1 aliphatic rings. The number of rotatable bonds is 2. The zero-order valence-electron chi connectivity index (χ0n) is 9.13. The van der Waals surface area contributed by atoms with E-state index in [2.05, 4.69) is 4.99 Å². The fourth-order valence-electron chi connectivity index (χ4n) is 2.04. The van der Waals surface area contributed by atoms with E-state index in [4.69, 9.17) is 23.2 Å². The second-order valence-corrected chi connectivity index (χ2v) is 5.02. The highest BCUT2D eigenvalue weighted by Gasteiger charge is 2.11. The number of halogens is 2. The number of aliphatic imine (C=N–C) groups is 1. The Balaban J connectivity index is 2.10. The second kappa shape index (κ2) is 5.70. The molecule has 0 unspecified atom stereocenters. The Hall–Kier alpha value is -0.530. The number of hydrogen-bond donors (Lipinski definition) is 0. The maximum atomic E-state index is 6.07. The fraction of sp³-hybridized carbons (Fsp3) is 0.462. The van der Waals surface area contributed by atoms with Crippen LogP contribution in [0.5, 0.6) is 0 Å². The van der Waals surface area contributed by atoms with Crippen LogP contribution in [0, 0.1) is 0 Å². The van der Waals surface area contributed by atoms with Gasteiger partial charge in [-0.05, 0) is 25.0 Å². The van der Waals surface area contributed by atoms with E-state index < -0.39 is 0 Å². The highest BCUT2D eigenvalue weighted by Crippen LogP contribution is 2.24. The first-order valence-electron chi connectivity index (χ1n) is 5.74. The third-order valence-electron chi connectivity index (χ3n) is 2.99. The SMILES string of the molecule is Clc1cccc(Cl)c1C=NC1CCCCC1. The van der Waals surface area contributed by atoms with Gasteiger partial charge in [-0.1, -0.05) is 48.5 Å². The fourth-order valence-corrected chi connectivity index (χ4v) is 2.54. The van der Waals surface area contributed by atoms with E-state index in [-0.39, 0.29) is 0 Å². The van der Waals surface area contributed by atoms with Crippen molar-refractivity contribution in [2.75, 3.05) is 0 Å². The minimum absolute atomic E-state index is 0.459. The molecule has 1 fully saturated rings. The first kappa shape index (κ1) is 11.9. The van der Waals surface area contributed by atoms with Crippen molar-refractivity contribution in [3.63, 3.8) is 0 Å². The molecule has 0 aromatic heterocycles. The molecule has 0 amide bonds. The molecule has 1 aliphatic carbocycles. The molecule has 86 valence electrons. The largest absolute Gasteiger partial charge is 0.289 e. The average molecular weight is 256 g/mol. The van der Waals surface area contributed by atoms with Crippen molar-refractivity contribution in [3.05, 3.63) is 33.8 Å². The van der Waals surface area contributed by atoms with Gasteiger partial charge in [0.1, 0.15) is 0 Å². The minimum Gasteiger partial charge on any atom is -0.289 e. The predicted molar refractivity (Wildman–Crippen MR) is 70.9 cm³/mol. The van der Waals surface area contributed by atoms with Crippen molar-refractivity contribution in [2.24, 2.45) is 4.99 Å². The van der Waals surface area contributed by atoms with Crippen LogP contribution in [-0.4, -0.2) is 12.3 Å². The summed E-state index contributed by atoms with van der Waals surface area (Å²) in [5.41, 5.74) is 0.844. The Bertz CT molecular complexity index is 361. The molecule has 0 aliphatic heterocycles. The van der Waals surface area contributed by atoms with Gasteiger partial charge in [0.05, 0.1) is 10.0 Å². The molecule has 0 radical (unpaired) electrons. The summed E-state index contributed by atoms with van der Waals surface area (Å²) in [6, 6.07) is 5.99. The van der Waals surface area contributed by atoms with Gasteiger partial charge < -0.3 is 0 Å². The van der Waals surface area contributed by atoms with Gasteiger partial charge in [-0.3, -0.25) is 4.99 Å². The number of nitrogens with zero attached hydrogens (tertiary/aromatic N) is 1. The van der Waals surface area contributed by atoms with Crippen LogP contribution in [0.3, 0.4) is 0 Å². The van der Waals surface area contributed by atoms with Crippen LogP contribution < -0.4 is 0 Å². The lowest BCUT2D eigenvalue weighted by molar-refractivity contribution is 0.444. The van der Waals surface area contributed by atoms with E-state index in [0.29, 0.717) is 16.1 Å². The van der Waals surface area contributed by atoms with Gasteiger partial charge in [0.25, 0.3) is 0 Å². The van der Waals surface area contributed by atoms with Crippen molar-refractivity contribution in [2.45, 2.75) is 38.1 Å². The summed E-state index contributed by atoms with van der Waals surface area (Å²) >= 11 is 12.1. The lowest BCUT2D eigenvalue weighted by Crippen LogP contribution is -2.09. The Kier molecular flexibility index (Phi) is 4.25. The lowest BCUT2D eigenvalue weighted by atomic mass is 9.96. The lowest BCUT2D eigenvalue weighted by Gasteiger charge is -2.17. The highest BCUT2D eigenvalue weighted by atomic mass is 35.5. The standard InChI is InChI=1S/C13H15Cl2N/c14-12-7-4-8-13(15)11(12)9-16-10-5-2-1-3-6-10/h4,7-10H,1-3,5-6H2. The van der Waals surface area contributed by atoms with E-state index in [0.717, 1.165) is 5.56 Å². The smallest absolute Gasteiger partial charge is 0.0508 e. The van der Waals surface area contributed by atoms with E-state index in [1.807, 2.05) is 24.4 Å². The van der Waals surface area contributed by atoms with Gasteiger partial charge >= 0.3 is 0 Å². The molecule has 0 bridgehead atoms. The Labute approximate surface area is 106 Å². The van der Waals surface area contributed by atoms with Crippen LogP contribution in [0.15, 0.2) is 23.2 Å². The zero-order chi connectivity index (χ0) is 11.4. The molecule has 2 rings (SSSR count). The quantitative estimate of drug-likeness (QED) is 0.677. The van der Waals surface area contributed by atoms with Gasteiger partial charge in [-0.2, -0.15) is 0 Å². The van der Waals surface area contributed by atoms with Crippen LogP contribution >= 0.6 is 23.2 Å². The van der Waals surface area contributed by atoms with E-state index >= 15 is 0 Å². The Morgan fingerprint density at radius 1 is 1.06 bits per heavy atom. The molecule has 0 heterocycles. The third-order valence-corrected chi connectivity index (χ3v) is 3.65. The molecule has 3 heteroatoms. The molecule has 1 aromatic rings. The van der Waals surface area contributed by atoms with E-state index in [9.17, 15) is 0 Å². The monoisotopic (exact) mass is 255 g/mol. The molecular weight excluding hydrogens is 241 g/mol. The molecule has 1 saturated carbocycles. The molecule has 0 saturated heterocycles. The van der Waals surface area contributed by atoms with E-state index in [1.165, 1.54) is 32.1 Å². The summed E-state index contributed by atoms with van der Waals surface area (Å²) in [5.74, 6) is 0. The summed E-state index contributed by atoms with van der Waals surface area (Å²) in [6.45, 7) is 0. The second-order valence-electron chi connectivity index (χ2n) is 4.21. The van der Waals surface area contributed by atoms with Gasteiger partial charge in [-0.25, -0.2) is 0 Å². The van der Waals surface area contributed by atoms with E-state index in [1.54, 1.807) is 0 Å². The summed E-state index contributed by atoms with van der Waals surface area (Å²) in [7, 11) is 0. The molecule has 0 N–H and O–H groups in total. The highest BCUT2D eigenvalue weighted by molar-refractivity contribution is 6.38. The van der Waals surface area contributed by atoms with Crippen LogP contribution in [0.25, 0.3) is 0 Å². The summed E-state index contributed by atoms with van der Waals surface area (Å²) in [4.78, 5) is 4.58. The third kappa shape index (κ3) is 2.99. The van der Waals surface area contributed by atoms with Crippen LogP contribution in [0.4, 0.5) is 0 Å². The number of hydrogen-bond acceptors (Lipinski definition) is 1. The van der Waals surface area contributed by atoms with Gasteiger partial charge in [0.2, 0.25) is 0 Å². The maximum Gasteiger partial charge on any atom is 0.0508 e. The molecule has 16 heavy (non-hydrogen) atoms. The summed E-state index contributed by atoms with van der Waals surface area (Å²) in [5, 5.41) is 1.35. The average Bonchev–Trinajstić information content (AvgIpc) is 2.30. The zero-order valence-corrected chi connectivity index (χ0v) is 10.6. The molecule has 0 spiro atoms. The molecule has 1 aromatic carbocycles. The molecule has 1 nitrogen and oxygen atoms in total. The first-order valence-corrected chi connectivity index (χ1v) is 6.50. The van der Waals surface area contributed by atoms with Crippen molar-refractivity contribution in [1.29, 1.82) is 0 Å². The summed E-state index contributed by atoms with van der Waals surface area (Å²) < 4.78 is 0. The van der Waals surface area contributed by atoms with Gasteiger partial charge in [0, 0.05) is 17.8 Å². The Morgan fingerprint density at radius 3 is 2.31 bits per heavy atom. The molecule has 0 atom stereocenters.